The number of Topliss-reactive ketones (excluding diaryl/α,β-unsaturated/α-hetero) is 2. The minimum atomic E-state index is -0.927. The third kappa shape index (κ3) is 9.79. The van der Waals surface area contributed by atoms with Gasteiger partial charge in [0.05, 0.1) is 30.9 Å². The van der Waals surface area contributed by atoms with Crippen LogP contribution in [0.5, 0.6) is 0 Å². The lowest BCUT2D eigenvalue weighted by atomic mass is 10.1. The van der Waals surface area contributed by atoms with Gasteiger partial charge in [-0.2, -0.15) is 0 Å². The van der Waals surface area contributed by atoms with E-state index in [1.807, 2.05) is 0 Å². The van der Waals surface area contributed by atoms with Crippen LogP contribution >= 0.6 is 46.4 Å². The highest BCUT2D eigenvalue weighted by Crippen LogP contribution is 2.24. The van der Waals surface area contributed by atoms with E-state index in [-0.39, 0.29) is 41.3 Å². The van der Waals surface area contributed by atoms with Crippen molar-refractivity contribution in [2.24, 2.45) is 0 Å². The summed E-state index contributed by atoms with van der Waals surface area (Å²) < 4.78 is 40.8. The molecule has 0 aliphatic carbocycles. The number of ketones is 2. The van der Waals surface area contributed by atoms with Crippen LogP contribution in [0.25, 0.3) is 0 Å². The molecule has 2 aromatic heterocycles. The third-order valence-electron chi connectivity index (χ3n) is 4.04. The Balaban J connectivity index is 0.000000389. The van der Waals surface area contributed by atoms with E-state index in [4.69, 9.17) is 55.9 Å². The molecule has 15 heteroatoms. The Bertz CT molecular complexity index is 1240. The quantitative estimate of drug-likeness (QED) is 0.0615. The Morgan fingerprint density at radius 2 is 1.29 bits per heavy atom. The first-order valence-electron chi connectivity index (χ1n) is 10.6. The molecule has 2 rings (SSSR count). The van der Waals surface area contributed by atoms with Crippen LogP contribution in [-0.4, -0.2) is 53.3 Å². The van der Waals surface area contributed by atoms with Gasteiger partial charge in [0.15, 0.2) is 27.7 Å². The van der Waals surface area contributed by atoms with Gasteiger partial charge >= 0.3 is 11.9 Å². The van der Waals surface area contributed by atoms with Crippen molar-refractivity contribution < 1.29 is 42.2 Å². The molecule has 0 amide bonds. The van der Waals surface area contributed by atoms with E-state index < -0.39 is 57.4 Å². The standard InChI is InChI=1S/C13H12Cl2FNO4.C10H8Cl2FNO3/c1-3-20-6-8(13(19)21-4-2)10(18)7-5-9(16)12(15)17-11(7)14;1-2-17-8(16)4-7(15)5-3-6(13)10(12)14-9(5)11/h5-6H,3-4H2,1-2H3;3H,2,4H2,1H3. The lowest BCUT2D eigenvalue weighted by Gasteiger charge is -2.08. The van der Waals surface area contributed by atoms with Crippen molar-refractivity contribution in [1.29, 1.82) is 0 Å². The van der Waals surface area contributed by atoms with E-state index in [0.29, 0.717) is 0 Å². The van der Waals surface area contributed by atoms with Gasteiger partial charge in [-0.25, -0.2) is 23.5 Å². The van der Waals surface area contributed by atoms with Crippen molar-refractivity contribution in [3.63, 3.8) is 0 Å². The Morgan fingerprint density at radius 3 is 1.79 bits per heavy atom. The average molecular weight is 616 g/mol. The van der Waals surface area contributed by atoms with Crippen molar-refractivity contribution in [2.45, 2.75) is 27.2 Å². The molecule has 0 aliphatic heterocycles. The molecule has 0 spiro atoms. The molecule has 0 saturated heterocycles. The Kier molecular flexibility index (Phi) is 14.1. The molecule has 38 heavy (non-hydrogen) atoms. The second kappa shape index (κ2) is 16.2. The summed E-state index contributed by atoms with van der Waals surface area (Å²) in [5.74, 6) is -4.94. The van der Waals surface area contributed by atoms with Crippen LogP contribution in [0.1, 0.15) is 47.9 Å². The third-order valence-corrected chi connectivity index (χ3v) is 5.14. The summed E-state index contributed by atoms with van der Waals surface area (Å²) in [6, 6.07) is 1.65. The van der Waals surface area contributed by atoms with Crippen LogP contribution < -0.4 is 0 Å². The van der Waals surface area contributed by atoms with Crippen molar-refractivity contribution in [1.82, 2.24) is 9.97 Å². The van der Waals surface area contributed by atoms with Gasteiger partial charge in [-0.3, -0.25) is 14.4 Å². The number of aromatic nitrogens is 2. The normalized spacial score (nSPS) is 10.7. The lowest BCUT2D eigenvalue weighted by Crippen LogP contribution is -2.17. The van der Waals surface area contributed by atoms with E-state index in [9.17, 15) is 28.0 Å². The van der Waals surface area contributed by atoms with Crippen LogP contribution in [0.15, 0.2) is 24.0 Å². The van der Waals surface area contributed by atoms with Crippen LogP contribution in [-0.2, 0) is 23.8 Å². The molecular formula is C23H20Cl4F2N2O7. The number of nitrogens with zero attached hydrogens (tertiary/aromatic N) is 2. The molecule has 0 unspecified atom stereocenters. The molecule has 2 aromatic rings. The summed E-state index contributed by atoms with van der Waals surface area (Å²) in [4.78, 5) is 53.6. The monoisotopic (exact) mass is 614 g/mol. The van der Waals surface area contributed by atoms with Crippen LogP contribution in [0.2, 0.25) is 20.6 Å². The zero-order valence-electron chi connectivity index (χ0n) is 20.1. The van der Waals surface area contributed by atoms with E-state index in [2.05, 4.69) is 14.7 Å². The maximum atomic E-state index is 13.4. The van der Waals surface area contributed by atoms with Gasteiger partial charge in [0.2, 0.25) is 5.78 Å². The molecule has 9 nitrogen and oxygen atoms in total. The Morgan fingerprint density at radius 1 is 0.789 bits per heavy atom. The average Bonchev–Trinajstić information content (AvgIpc) is 2.84. The molecule has 0 N–H and O–H groups in total. The number of carbonyl (C=O) groups is 4. The predicted molar refractivity (Wildman–Crippen MR) is 135 cm³/mol. The predicted octanol–water partition coefficient (Wildman–Crippen LogP) is 5.86. The summed E-state index contributed by atoms with van der Waals surface area (Å²) in [6.45, 7) is 5.32. The summed E-state index contributed by atoms with van der Waals surface area (Å²) >= 11 is 22.2. The summed E-state index contributed by atoms with van der Waals surface area (Å²) in [5, 5.41) is -1.46. The Labute approximate surface area is 236 Å². The summed E-state index contributed by atoms with van der Waals surface area (Å²) in [7, 11) is 0. The second-order valence-electron chi connectivity index (χ2n) is 6.64. The van der Waals surface area contributed by atoms with Gasteiger partial charge in [-0.05, 0) is 32.9 Å². The minimum absolute atomic E-state index is 0.0660. The molecule has 0 bridgehead atoms. The van der Waals surface area contributed by atoms with E-state index in [0.717, 1.165) is 18.4 Å². The number of carbonyl (C=O) groups excluding carboxylic acids is 4. The van der Waals surface area contributed by atoms with Crippen LogP contribution in [0.4, 0.5) is 8.78 Å². The van der Waals surface area contributed by atoms with Gasteiger partial charge in [0.25, 0.3) is 0 Å². The van der Waals surface area contributed by atoms with E-state index in [1.54, 1.807) is 20.8 Å². The molecule has 0 aliphatic rings. The van der Waals surface area contributed by atoms with Crippen molar-refractivity contribution in [3.8, 4) is 0 Å². The fourth-order valence-electron chi connectivity index (χ4n) is 2.40. The lowest BCUT2D eigenvalue weighted by molar-refractivity contribution is -0.142. The second-order valence-corrected chi connectivity index (χ2v) is 8.07. The number of hydrogen-bond donors (Lipinski definition) is 0. The van der Waals surface area contributed by atoms with Gasteiger partial charge in [0.1, 0.15) is 28.6 Å². The smallest absolute Gasteiger partial charge is 0.345 e. The number of ether oxygens (including phenoxy) is 3. The maximum Gasteiger partial charge on any atom is 0.345 e. The van der Waals surface area contributed by atoms with E-state index >= 15 is 0 Å². The molecule has 0 atom stereocenters. The van der Waals surface area contributed by atoms with Gasteiger partial charge in [-0.1, -0.05) is 46.4 Å². The number of halogens is 6. The molecular weight excluding hydrogens is 596 g/mol. The van der Waals surface area contributed by atoms with Gasteiger partial charge < -0.3 is 14.2 Å². The maximum absolute atomic E-state index is 13.4. The summed E-state index contributed by atoms with van der Waals surface area (Å²) in [5.41, 5.74) is -0.914. The van der Waals surface area contributed by atoms with Crippen LogP contribution in [0, 0.1) is 11.6 Å². The first kappa shape index (κ1) is 33.2. The zero-order valence-corrected chi connectivity index (χ0v) is 23.1. The van der Waals surface area contributed by atoms with Crippen molar-refractivity contribution >= 4 is 69.9 Å². The number of rotatable bonds is 10. The highest BCUT2D eigenvalue weighted by atomic mass is 35.5. The highest BCUT2D eigenvalue weighted by molar-refractivity contribution is 6.37. The first-order valence-corrected chi connectivity index (χ1v) is 12.1. The van der Waals surface area contributed by atoms with Crippen molar-refractivity contribution in [3.05, 3.63) is 67.3 Å². The fraction of sp³-hybridized carbons (Fsp3) is 0.304. The topological polar surface area (TPSA) is 122 Å². The van der Waals surface area contributed by atoms with Crippen molar-refractivity contribution in [2.75, 3.05) is 19.8 Å². The SMILES string of the molecule is CCOC(=O)CC(=O)c1cc(F)c(Cl)nc1Cl.CCOC=C(C(=O)OCC)C(=O)c1cc(F)c(Cl)nc1Cl. The molecule has 0 aromatic carbocycles. The van der Waals surface area contributed by atoms with Crippen LogP contribution in [0.3, 0.4) is 0 Å². The fourth-order valence-corrected chi connectivity index (χ4v) is 3.23. The van der Waals surface area contributed by atoms with Gasteiger partial charge in [-0.15, -0.1) is 0 Å². The van der Waals surface area contributed by atoms with Gasteiger partial charge in [0, 0.05) is 0 Å². The number of esters is 2. The largest absolute Gasteiger partial charge is 0.500 e. The van der Waals surface area contributed by atoms with E-state index in [1.165, 1.54) is 0 Å². The highest BCUT2D eigenvalue weighted by Gasteiger charge is 2.26. The molecule has 2 heterocycles. The Hall–Kier alpha value is -2.86. The molecule has 0 fully saturated rings. The first-order chi connectivity index (χ1) is 17.9. The minimum Gasteiger partial charge on any atom is -0.500 e. The molecule has 0 saturated carbocycles. The zero-order chi connectivity index (χ0) is 29.0. The number of pyridine rings is 2. The molecule has 0 radical (unpaired) electrons. The molecule has 206 valence electrons. The number of hydrogen-bond acceptors (Lipinski definition) is 9. The summed E-state index contributed by atoms with van der Waals surface area (Å²) in [6.07, 6.45) is 0.430.